The van der Waals surface area contributed by atoms with Gasteiger partial charge in [0.05, 0.1) is 11.4 Å². The van der Waals surface area contributed by atoms with Crippen LogP contribution in [0, 0.1) is 0 Å². The number of aliphatic carboxylic acids is 1. The maximum absolute atomic E-state index is 10.5. The molecule has 0 bridgehead atoms. The van der Waals surface area contributed by atoms with Gasteiger partial charge in [-0.2, -0.15) is 5.10 Å². The quantitative estimate of drug-likeness (QED) is 0.921. The van der Waals surface area contributed by atoms with E-state index in [-0.39, 0.29) is 5.75 Å². The van der Waals surface area contributed by atoms with Crippen molar-refractivity contribution < 1.29 is 9.90 Å². The third kappa shape index (κ3) is 3.75. The number of hydrogen-bond donors (Lipinski definition) is 1. The van der Waals surface area contributed by atoms with Gasteiger partial charge in [0, 0.05) is 35.1 Å². The summed E-state index contributed by atoms with van der Waals surface area (Å²) in [5, 5.41) is 13.8. The number of rotatable bonds is 5. The highest BCUT2D eigenvalue weighted by Crippen LogP contribution is 2.26. The number of carbonyl (C=O) groups is 1. The van der Waals surface area contributed by atoms with E-state index in [0.717, 1.165) is 16.8 Å². The van der Waals surface area contributed by atoms with Gasteiger partial charge in [-0.1, -0.05) is 23.7 Å². The van der Waals surface area contributed by atoms with Crippen LogP contribution in [0.2, 0.25) is 5.02 Å². The van der Waals surface area contributed by atoms with Crippen molar-refractivity contribution in [3.63, 3.8) is 0 Å². The number of carboxylic acids is 1. The standard InChI is InChI=1S/C13H13ClN2O2S/c1-16-6-10(7-19-8-12(17)18)13(15-16)9-2-4-11(14)5-3-9/h2-6H,7-8H2,1H3,(H,17,18). The third-order valence-electron chi connectivity index (χ3n) is 2.51. The van der Waals surface area contributed by atoms with Crippen LogP contribution in [0.5, 0.6) is 0 Å². The molecule has 0 aliphatic rings. The molecule has 0 saturated carbocycles. The fourth-order valence-corrected chi connectivity index (χ4v) is 2.58. The molecule has 0 aliphatic carbocycles. The highest BCUT2D eigenvalue weighted by molar-refractivity contribution is 7.99. The molecule has 0 aliphatic heterocycles. The van der Waals surface area contributed by atoms with E-state index in [2.05, 4.69) is 5.10 Å². The summed E-state index contributed by atoms with van der Waals surface area (Å²) in [7, 11) is 1.85. The maximum atomic E-state index is 10.5. The van der Waals surface area contributed by atoms with E-state index in [0.29, 0.717) is 10.8 Å². The minimum atomic E-state index is -0.804. The molecular weight excluding hydrogens is 284 g/mol. The molecule has 19 heavy (non-hydrogen) atoms. The number of benzene rings is 1. The first-order valence-electron chi connectivity index (χ1n) is 5.64. The molecule has 1 aromatic heterocycles. The van der Waals surface area contributed by atoms with Crippen molar-refractivity contribution in [1.29, 1.82) is 0 Å². The molecule has 0 saturated heterocycles. The van der Waals surface area contributed by atoms with E-state index in [9.17, 15) is 4.79 Å². The average molecular weight is 297 g/mol. The molecule has 0 radical (unpaired) electrons. The van der Waals surface area contributed by atoms with Crippen molar-refractivity contribution in [2.75, 3.05) is 5.75 Å². The summed E-state index contributed by atoms with van der Waals surface area (Å²) in [6.45, 7) is 0. The second-order valence-electron chi connectivity index (χ2n) is 4.07. The summed E-state index contributed by atoms with van der Waals surface area (Å²) in [4.78, 5) is 10.5. The van der Waals surface area contributed by atoms with E-state index >= 15 is 0 Å². The molecule has 4 nitrogen and oxygen atoms in total. The van der Waals surface area contributed by atoms with Crippen LogP contribution in [-0.2, 0) is 17.6 Å². The second-order valence-corrected chi connectivity index (χ2v) is 5.49. The minimum absolute atomic E-state index is 0.0922. The Morgan fingerprint density at radius 1 is 1.42 bits per heavy atom. The Hall–Kier alpha value is -1.46. The van der Waals surface area contributed by atoms with Crippen molar-refractivity contribution in [2.24, 2.45) is 7.05 Å². The molecule has 1 N–H and O–H groups in total. The molecule has 1 heterocycles. The Morgan fingerprint density at radius 2 is 2.11 bits per heavy atom. The van der Waals surface area contributed by atoms with Crippen LogP contribution in [0.3, 0.4) is 0 Å². The Labute approximate surface area is 120 Å². The maximum Gasteiger partial charge on any atom is 0.313 e. The fourth-order valence-electron chi connectivity index (χ4n) is 1.74. The smallest absolute Gasteiger partial charge is 0.313 e. The molecule has 0 spiro atoms. The van der Waals surface area contributed by atoms with Gasteiger partial charge in [-0.15, -0.1) is 11.8 Å². The van der Waals surface area contributed by atoms with E-state index in [4.69, 9.17) is 16.7 Å². The van der Waals surface area contributed by atoms with Crippen molar-refractivity contribution in [2.45, 2.75) is 5.75 Å². The number of halogens is 1. The lowest BCUT2D eigenvalue weighted by atomic mass is 10.1. The number of hydrogen-bond acceptors (Lipinski definition) is 3. The first-order chi connectivity index (χ1) is 9.06. The second kappa shape index (κ2) is 6.12. The first kappa shape index (κ1) is 14.0. The van der Waals surface area contributed by atoms with Gasteiger partial charge in [0.15, 0.2) is 0 Å². The van der Waals surface area contributed by atoms with Gasteiger partial charge in [0.2, 0.25) is 0 Å². The lowest BCUT2D eigenvalue weighted by Gasteiger charge is -2.02. The van der Waals surface area contributed by atoms with Crippen LogP contribution in [0.1, 0.15) is 5.56 Å². The summed E-state index contributed by atoms with van der Waals surface area (Å²) in [6.07, 6.45) is 1.92. The molecule has 100 valence electrons. The molecule has 0 atom stereocenters. The van der Waals surface area contributed by atoms with Crippen LogP contribution >= 0.6 is 23.4 Å². The van der Waals surface area contributed by atoms with Crippen LogP contribution < -0.4 is 0 Å². The summed E-state index contributed by atoms with van der Waals surface area (Å²) < 4.78 is 1.74. The normalized spacial score (nSPS) is 10.6. The van der Waals surface area contributed by atoms with Crippen molar-refractivity contribution in [1.82, 2.24) is 9.78 Å². The number of thioether (sulfide) groups is 1. The zero-order valence-electron chi connectivity index (χ0n) is 10.3. The largest absolute Gasteiger partial charge is 0.481 e. The molecule has 0 fully saturated rings. The number of aryl methyl sites for hydroxylation is 1. The summed E-state index contributed by atoms with van der Waals surface area (Å²) in [5.74, 6) is -0.0884. The van der Waals surface area contributed by atoms with Crippen LogP contribution in [0.25, 0.3) is 11.3 Å². The van der Waals surface area contributed by atoms with Gasteiger partial charge >= 0.3 is 5.97 Å². The van der Waals surface area contributed by atoms with Gasteiger partial charge in [-0.25, -0.2) is 0 Å². The predicted molar refractivity (Wildman–Crippen MR) is 77.5 cm³/mol. The van der Waals surface area contributed by atoms with E-state index in [1.54, 1.807) is 4.68 Å². The molecular formula is C13H13ClN2O2S. The highest BCUT2D eigenvalue weighted by atomic mass is 35.5. The molecule has 2 aromatic rings. The summed E-state index contributed by atoms with van der Waals surface area (Å²) >= 11 is 7.23. The number of carboxylic acid groups (broad SMARTS) is 1. The van der Waals surface area contributed by atoms with Crippen LogP contribution in [0.15, 0.2) is 30.5 Å². The molecule has 6 heteroatoms. The molecule has 0 unspecified atom stereocenters. The summed E-state index contributed by atoms with van der Waals surface area (Å²) in [5.41, 5.74) is 2.88. The van der Waals surface area contributed by atoms with E-state index in [1.165, 1.54) is 11.8 Å². The van der Waals surface area contributed by atoms with Crippen molar-refractivity contribution in [3.05, 3.63) is 41.0 Å². The zero-order valence-corrected chi connectivity index (χ0v) is 11.9. The number of nitrogens with zero attached hydrogens (tertiary/aromatic N) is 2. The predicted octanol–water partition coefficient (Wildman–Crippen LogP) is 3.06. The van der Waals surface area contributed by atoms with Gasteiger partial charge in [-0.05, 0) is 12.1 Å². The SMILES string of the molecule is Cn1cc(CSCC(=O)O)c(-c2ccc(Cl)cc2)n1. The van der Waals surface area contributed by atoms with Crippen LogP contribution in [-0.4, -0.2) is 26.6 Å². The molecule has 2 rings (SSSR count). The Bertz CT molecular complexity index is 581. The van der Waals surface area contributed by atoms with Crippen molar-refractivity contribution >= 4 is 29.3 Å². The Kier molecular flexibility index (Phi) is 4.50. The lowest BCUT2D eigenvalue weighted by Crippen LogP contribution is -1.98. The minimum Gasteiger partial charge on any atom is -0.481 e. The zero-order chi connectivity index (χ0) is 13.8. The fraction of sp³-hybridized carbons (Fsp3) is 0.231. The lowest BCUT2D eigenvalue weighted by molar-refractivity contribution is -0.133. The monoisotopic (exact) mass is 296 g/mol. The molecule has 0 amide bonds. The topological polar surface area (TPSA) is 55.1 Å². The van der Waals surface area contributed by atoms with Gasteiger partial charge < -0.3 is 5.11 Å². The van der Waals surface area contributed by atoms with Gasteiger partial charge in [0.25, 0.3) is 0 Å². The van der Waals surface area contributed by atoms with Gasteiger partial charge in [0.1, 0.15) is 0 Å². The average Bonchev–Trinajstić information content (AvgIpc) is 2.71. The van der Waals surface area contributed by atoms with E-state index < -0.39 is 5.97 Å². The van der Waals surface area contributed by atoms with E-state index in [1.807, 2.05) is 37.5 Å². The van der Waals surface area contributed by atoms with Crippen molar-refractivity contribution in [3.8, 4) is 11.3 Å². The first-order valence-corrected chi connectivity index (χ1v) is 7.17. The Morgan fingerprint density at radius 3 is 2.74 bits per heavy atom. The Balaban J connectivity index is 2.20. The molecule has 1 aromatic carbocycles. The third-order valence-corrected chi connectivity index (χ3v) is 3.72. The highest BCUT2D eigenvalue weighted by Gasteiger charge is 2.10. The van der Waals surface area contributed by atoms with Gasteiger partial charge in [-0.3, -0.25) is 9.48 Å². The van der Waals surface area contributed by atoms with Crippen LogP contribution in [0.4, 0.5) is 0 Å². The summed E-state index contributed by atoms with van der Waals surface area (Å²) in [6, 6.07) is 7.46. The number of aromatic nitrogens is 2.